The standard InChI is InChI=1S/C15H21NO/c1-4-16(14-7-5-6-11(2)10-14)15(17)12(3)13-8-9-13/h5-7,10,12-13H,4,8-9H2,1-3H3. The summed E-state index contributed by atoms with van der Waals surface area (Å²) in [7, 11) is 0. The van der Waals surface area contributed by atoms with Gasteiger partial charge in [0.1, 0.15) is 0 Å². The van der Waals surface area contributed by atoms with Crippen molar-refractivity contribution < 1.29 is 4.79 Å². The Bertz CT molecular complexity index is 409. The van der Waals surface area contributed by atoms with Crippen LogP contribution in [0.15, 0.2) is 24.3 Å². The van der Waals surface area contributed by atoms with Gasteiger partial charge in [0, 0.05) is 18.2 Å². The molecule has 1 aromatic carbocycles. The average Bonchev–Trinajstić information content (AvgIpc) is 3.13. The van der Waals surface area contributed by atoms with Gasteiger partial charge in [0.05, 0.1) is 0 Å². The zero-order chi connectivity index (χ0) is 12.4. The highest BCUT2D eigenvalue weighted by Crippen LogP contribution is 2.38. The molecule has 0 radical (unpaired) electrons. The molecular weight excluding hydrogens is 210 g/mol. The van der Waals surface area contributed by atoms with Crippen LogP contribution in [-0.4, -0.2) is 12.5 Å². The largest absolute Gasteiger partial charge is 0.312 e. The lowest BCUT2D eigenvalue weighted by Gasteiger charge is -2.24. The zero-order valence-electron chi connectivity index (χ0n) is 10.9. The van der Waals surface area contributed by atoms with Gasteiger partial charge in [0.2, 0.25) is 5.91 Å². The van der Waals surface area contributed by atoms with E-state index >= 15 is 0 Å². The molecule has 1 fully saturated rings. The minimum atomic E-state index is 0.176. The summed E-state index contributed by atoms with van der Waals surface area (Å²) >= 11 is 0. The quantitative estimate of drug-likeness (QED) is 0.777. The molecule has 2 nitrogen and oxygen atoms in total. The number of nitrogens with zero attached hydrogens (tertiary/aromatic N) is 1. The van der Waals surface area contributed by atoms with Crippen LogP contribution in [0.5, 0.6) is 0 Å². The van der Waals surface area contributed by atoms with Crippen molar-refractivity contribution >= 4 is 11.6 Å². The first-order valence-corrected chi connectivity index (χ1v) is 6.51. The molecule has 1 saturated carbocycles. The van der Waals surface area contributed by atoms with Gasteiger partial charge in [-0.05, 0) is 50.3 Å². The number of anilines is 1. The summed E-state index contributed by atoms with van der Waals surface area (Å²) < 4.78 is 0. The molecule has 0 saturated heterocycles. The van der Waals surface area contributed by atoms with Crippen molar-refractivity contribution in [1.29, 1.82) is 0 Å². The summed E-state index contributed by atoms with van der Waals surface area (Å²) in [6.07, 6.45) is 2.44. The molecule has 0 aliphatic heterocycles. The SMILES string of the molecule is CCN(C(=O)C(C)C1CC1)c1cccc(C)c1. The predicted molar refractivity (Wildman–Crippen MR) is 71.1 cm³/mol. The smallest absolute Gasteiger partial charge is 0.230 e. The number of aryl methyl sites for hydroxylation is 1. The number of hydrogen-bond acceptors (Lipinski definition) is 1. The molecule has 1 aliphatic carbocycles. The number of hydrogen-bond donors (Lipinski definition) is 0. The zero-order valence-corrected chi connectivity index (χ0v) is 10.9. The lowest BCUT2D eigenvalue weighted by Crippen LogP contribution is -2.35. The maximum atomic E-state index is 12.4. The molecule has 17 heavy (non-hydrogen) atoms. The Morgan fingerprint density at radius 1 is 1.47 bits per heavy atom. The first-order chi connectivity index (χ1) is 8.13. The Labute approximate surface area is 104 Å². The van der Waals surface area contributed by atoms with Gasteiger partial charge >= 0.3 is 0 Å². The highest BCUT2D eigenvalue weighted by Gasteiger charge is 2.34. The Hall–Kier alpha value is -1.31. The highest BCUT2D eigenvalue weighted by atomic mass is 16.2. The molecule has 0 heterocycles. The predicted octanol–water partition coefficient (Wildman–Crippen LogP) is 3.39. The third kappa shape index (κ3) is 2.68. The minimum Gasteiger partial charge on any atom is -0.312 e. The lowest BCUT2D eigenvalue weighted by molar-refractivity contribution is -0.122. The molecule has 0 spiro atoms. The molecule has 1 amide bonds. The fourth-order valence-electron chi connectivity index (χ4n) is 2.31. The van der Waals surface area contributed by atoms with Gasteiger partial charge in [-0.2, -0.15) is 0 Å². The molecule has 2 heteroatoms. The normalized spacial score (nSPS) is 16.6. The van der Waals surface area contributed by atoms with E-state index in [0.717, 1.165) is 12.2 Å². The maximum Gasteiger partial charge on any atom is 0.230 e. The van der Waals surface area contributed by atoms with Crippen LogP contribution in [0.2, 0.25) is 0 Å². The number of rotatable bonds is 4. The van der Waals surface area contributed by atoms with Crippen LogP contribution < -0.4 is 4.90 Å². The second-order valence-corrected chi connectivity index (χ2v) is 5.05. The number of amides is 1. The van der Waals surface area contributed by atoms with Crippen LogP contribution in [-0.2, 0) is 4.79 Å². The van der Waals surface area contributed by atoms with Gasteiger partial charge in [-0.1, -0.05) is 19.1 Å². The molecule has 92 valence electrons. The van der Waals surface area contributed by atoms with E-state index in [9.17, 15) is 4.79 Å². The van der Waals surface area contributed by atoms with Crippen molar-refractivity contribution in [2.75, 3.05) is 11.4 Å². The summed E-state index contributed by atoms with van der Waals surface area (Å²) in [6, 6.07) is 8.18. The van der Waals surface area contributed by atoms with Crippen molar-refractivity contribution in [2.24, 2.45) is 11.8 Å². The summed E-state index contributed by atoms with van der Waals surface area (Å²) in [5.74, 6) is 1.08. The second kappa shape index (κ2) is 4.91. The van der Waals surface area contributed by atoms with E-state index in [4.69, 9.17) is 0 Å². The van der Waals surface area contributed by atoms with Crippen LogP contribution in [0.4, 0.5) is 5.69 Å². The Balaban J connectivity index is 2.17. The second-order valence-electron chi connectivity index (χ2n) is 5.05. The molecular formula is C15H21NO. The van der Waals surface area contributed by atoms with E-state index in [2.05, 4.69) is 26.0 Å². The molecule has 1 atom stereocenters. The summed E-state index contributed by atoms with van der Waals surface area (Å²) in [4.78, 5) is 14.3. The molecule has 0 N–H and O–H groups in total. The van der Waals surface area contributed by atoms with Crippen molar-refractivity contribution in [3.63, 3.8) is 0 Å². The molecule has 0 bridgehead atoms. The Morgan fingerprint density at radius 3 is 2.71 bits per heavy atom. The first kappa shape index (κ1) is 12.2. The van der Waals surface area contributed by atoms with E-state index in [-0.39, 0.29) is 11.8 Å². The summed E-state index contributed by atoms with van der Waals surface area (Å²) in [5, 5.41) is 0. The van der Waals surface area contributed by atoms with Crippen molar-refractivity contribution in [3.05, 3.63) is 29.8 Å². The van der Waals surface area contributed by atoms with Gasteiger partial charge in [0.15, 0.2) is 0 Å². The monoisotopic (exact) mass is 231 g/mol. The van der Waals surface area contributed by atoms with Crippen molar-refractivity contribution in [3.8, 4) is 0 Å². The average molecular weight is 231 g/mol. The van der Waals surface area contributed by atoms with Crippen molar-refractivity contribution in [2.45, 2.75) is 33.6 Å². The van der Waals surface area contributed by atoms with Gasteiger partial charge < -0.3 is 4.90 Å². The topological polar surface area (TPSA) is 20.3 Å². The van der Waals surface area contributed by atoms with Crippen LogP contribution in [0.25, 0.3) is 0 Å². The Morgan fingerprint density at radius 2 is 2.18 bits per heavy atom. The fourth-order valence-corrected chi connectivity index (χ4v) is 2.31. The van der Waals surface area contributed by atoms with Gasteiger partial charge in [0.25, 0.3) is 0 Å². The first-order valence-electron chi connectivity index (χ1n) is 6.51. The third-order valence-electron chi connectivity index (χ3n) is 3.61. The van der Waals surface area contributed by atoms with E-state index in [0.29, 0.717) is 5.92 Å². The Kier molecular flexibility index (Phi) is 3.51. The summed E-state index contributed by atoms with van der Waals surface area (Å²) in [6.45, 7) is 6.92. The maximum absolute atomic E-state index is 12.4. The molecule has 2 rings (SSSR count). The number of benzene rings is 1. The van der Waals surface area contributed by atoms with Crippen molar-refractivity contribution in [1.82, 2.24) is 0 Å². The van der Waals surface area contributed by atoms with E-state index in [1.807, 2.05) is 24.0 Å². The number of carbonyl (C=O) groups is 1. The minimum absolute atomic E-state index is 0.176. The van der Waals surface area contributed by atoms with E-state index in [1.54, 1.807) is 0 Å². The number of carbonyl (C=O) groups excluding carboxylic acids is 1. The summed E-state index contributed by atoms with van der Waals surface area (Å²) in [5.41, 5.74) is 2.23. The van der Waals surface area contributed by atoms with Crippen LogP contribution in [0, 0.1) is 18.8 Å². The lowest BCUT2D eigenvalue weighted by atomic mass is 10.0. The van der Waals surface area contributed by atoms with Gasteiger partial charge in [-0.15, -0.1) is 0 Å². The molecule has 1 aliphatic rings. The highest BCUT2D eigenvalue weighted by molar-refractivity contribution is 5.95. The van der Waals surface area contributed by atoms with E-state index < -0.39 is 0 Å². The van der Waals surface area contributed by atoms with Crippen LogP contribution in [0.1, 0.15) is 32.3 Å². The molecule has 0 aromatic heterocycles. The van der Waals surface area contributed by atoms with E-state index in [1.165, 1.54) is 18.4 Å². The fraction of sp³-hybridized carbons (Fsp3) is 0.533. The van der Waals surface area contributed by atoms with Crippen LogP contribution >= 0.6 is 0 Å². The molecule has 1 unspecified atom stereocenters. The third-order valence-corrected chi connectivity index (χ3v) is 3.61. The van der Waals surface area contributed by atoms with Gasteiger partial charge in [-0.25, -0.2) is 0 Å². The molecule has 1 aromatic rings. The van der Waals surface area contributed by atoms with Crippen LogP contribution in [0.3, 0.4) is 0 Å². The van der Waals surface area contributed by atoms with Gasteiger partial charge in [-0.3, -0.25) is 4.79 Å².